The average Bonchev–Trinajstić information content (AvgIpc) is 3.44. The predicted octanol–water partition coefficient (Wildman–Crippen LogP) is 3.14. The van der Waals surface area contributed by atoms with E-state index in [4.69, 9.17) is 15.2 Å². The van der Waals surface area contributed by atoms with Crippen molar-refractivity contribution in [3.63, 3.8) is 0 Å². The average molecular weight is 488 g/mol. The van der Waals surface area contributed by atoms with E-state index in [1.165, 1.54) is 4.90 Å². The Morgan fingerprint density at radius 3 is 2.03 bits per heavy atom. The zero-order valence-electron chi connectivity index (χ0n) is 21.3. The third-order valence-electron chi connectivity index (χ3n) is 7.30. The zero-order chi connectivity index (χ0) is 25.9. The van der Waals surface area contributed by atoms with Gasteiger partial charge in [0.25, 0.3) is 0 Å². The SMILES string of the molecule is CC(C)(C)OC(=O)N1C(=O)[C@H]2[C@@H]1[C@H]1C=C[C@@H]2C1.CC(C)(C)OC(=O)N[C@@H]1[C@H](C(N)=O)[C@@H]2C=C[C@H]1C2. The monoisotopic (exact) mass is 487 g/mol. The zero-order valence-corrected chi connectivity index (χ0v) is 21.3. The Morgan fingerprint density at radius 2 is 1.43 bits per heavy atom. The molecule has 192 valence electrons. The smallest absolute Gasteiger partial charge is 0.417 e. The number of alkyl carbamates (subject to hydrolysis) is 1. The molecule has 3 N–H and O–H groups in total. The lowest BCUT2D eigenvalue weighted by atomic mass is 9.80. The third kappa shape index (κ3) is 4.95. The molecule has 4 aliphatic carbocycles. The van der Waals surface area contributed by atoms with Crippen molar-refractivity contribution in [3.05, 3.63) is 24.3 Å². The van der Waals surface area contributed by atoms with E-state index in [0.717, 1.165) is 12.8 Å². The number of primary amides is 1. The van der Waals surface area contributed by atoms with Gasteiger partial charge in [-0.15, -0.1) is 0 Å². The second kappa shape index (κ2) is 8.68. The molecule has 4 amide bonds. The van der Waals surface area contributed by atoms with Crippen LogP contribution in [0.5, 0.6) is 0 Å². The molecular weight excluding hydrogens is 450 g/mol. The van der Waals surface area contributed by atoms with Gasteiger partial charge in [0.05, 0.1) is 23.9 Å². The molecule has 5 rings (SSSR count). The highest BCUT2D eigenvalue weighted by molar-refractivity contribution is 6.00. The molecule has 0 aromatic heterocycles. The van der Waals surface area contributed by atoms with Crippen LogP contribution in [0.15, 0.2) is 24.3 Å². The van der Waals surface area contributed by atoms with Crippen LogP contribution in [0.25, 0.3) is 0 Å². The first-order valence-electron chi connectivity index (χ1n) is 12.4. The molecule has 2 saturated carbocycles. The van der Waals surface area contributed by atoms with Crippen molar-refractivity contribution in [1.29, 1.82) is 0 Å². The van der Waals surface area contributed by atoms with Crippen LogP contribution in [-0.2, 0) is 19.1 Å². The molecule has 4 bridgehead atoms. The van der Waals surface area contributed by atoms with Crippen molar-refractivity contribution in [2.24, 2.45) is 41.2 Å². The lowest BCUT2D eigenvalue weighted by Gasteiger charge is -2.46. The molecule has 0 spiro atoms. The second-order valence-electron chi connectivity index (χ2n) is 12.2. The highest BCUT2D eigenvalue weighted by Gasteiger charge is 2.63. The summed E-state index contributed by atoms with van der Waals surface area (Å²) in [6, 6.07) is -0.167. The number of rotatable bonds is 2. The molecule has 0 radical (unpaired) electrons. The number of β-lactam (4-membered cyclic amide) rings is 1. The van der Waals surface area contributed by atoms with Crippen LogP contribution in [0.4, 0.5) is 9.59 Å². The summed E-state index contributed by atoms with van der Waals surface area (Å²) < 4.78 is 10.5. The Hall–Kier alpha value is -2.84. The van der Waals surface area contributed by atoms with Gasteiger partial charge in [0.15, 0.2) is 0 Å². The number of nitrogens with zero attached hydrogens (tertiary/aromatic N) is 1. The van der Waals surface area contributed by atoms with Crippen LogP contribution < -0.4 is 11.1 Å². The van der Waals surface area contributed by atoms with E-state index >= 15 is 0 Å². The maximum Gasteiger partial charge on any atom is 0.417 e. The first-order valence-corrected chi connectivity index (χ1v) is 12.4. The highest BCUT2D eigenvalue weighted by Crippen LogP contribution is 2.53. The van der Waals surface area contributed by atoms with Gasteiger partial charge in [0, 0.05) is 0 Å². The van der Waals surface area contributed by atoms with Crippen LogP contribution in [-0.4, -0.2) is 52.2 Å². The number of allylic oxidation sites excluding steroid dienone is 2. The van der Waals surface area contributed by atoms with Crippen molar-refractivity contribution < 1.29 is 28.7 Å². The fourth-order valence-corrected chi connectivity index (χ4v) is 6.08. The second-order valence-corrected chi connectivity index (χ2v) is 12.2. The van der Waals surface area contributed by atoms with E-state index < -0.39 is 23.4 Å². The molecule has 1 heterocycles. The van der Waals surface area contributed by atoms with Gasteiger partial charge < -0.3 is 20.5 Å². The number of fused-ring (bicyclic) bond motifs is 7. The maximum absolute atomic E-state index is 12.0. The van der Waals surface area contributed by atoms with E-state index in [-0.39, 0.29) is 47.6 Å². The van der Waals surface area contributed by atoms with E-state index in [2.05, 4.69) is 17.5 Å². The molecular formula is C26H37N3O6. The number of hydrogen-bond donors (Lipinski definition) is 2. The Balaban J connectivity index is 0.000000165. The molecule has 3 fully saturated rings. The number of carbonyl (C=O) groups is 4. The summed E-state index contributed by atoms with van der Waals surface area (Å²) in [5, 5.41) is 2.79. The summed E-state index contributed by atoms with van der Waals surface area (Å²) in [7, 11) is 0. The Morgan fingerprint density at radius 1 is 0.886 bits per heavy atom. The van der Waals surface area contributed by atoms with Crippen molar-refractivity contribution in [1.82, 2.24) is 10.2 Å². The van der Waals surface area contributed by atoms with Gasteiger partial charge in [-0.05, 0) is 78.1 Å². The van der Waals surface area contributed by atoms with Crippen molar-refractivity contribution in [3.8, 4) is 0 Å². The number of hydrogen-bond acceptors (Lipinski definition) is 6. The van der Waals surface area contributed by atoms with Crippen molar-refractivity contribution in [2.75, 3.05) is 0 Å². The molecule has 0 unspecified atom stereocenters. The number of likely N-dealkylation sites (tertiary alicyclic amines) is 1. The van der Waals surface area contributed by atoms with E-state index in [0.29, 0.717) is 11.8 Å². The van der Waals surface area contributed by atoms with Gasteiger partial charge in [-0.1, -0.05) is 24.3 Å². The minimum atomic E-state index is -0.546. The van der Waals surface area contributed by atoms with Crippen molar-refractivity contribution >= 4 is 24.0 Å². The molecule has 0 aromatic rings. The summed E-state index contributed by atoms with van der Waals surface area (Å²) in [4.78, 5) is 48.4. The van der Waals surface area contributed by atoms with Gasteiger partial charge in [-0.2, -0.15) is 0 Å². The van der Waals surface area contributed by atoms with E-state index in [9.17, 15) is 19.2 Å². The quantitative estimate of drug-likeness (QED) is 0.455. The normalized spacial score (nSPS) is 35.7. The molecule has 5 aliphatic rings. The summed E-state index contributed by atoms with van der Waals surface area (Å²) in [5.41, 5.74) is 4.33. The molecule has 0 aromatic carbocycles. The lowest BCUT2D eigenvalue weighted by molar-refractivity contribution is -0.154. The summed E-state index contributed by atoms with van der Waals surface area (Å²) in [6.45, 7) is 10.9. The van der Waals surface area contributed by atoms with Gasteiger partial charge in [0.1, 0.15) is 11.2 Å². The van der Waals surface area contributed by atoms with Crippen LogP contribution in [0, 0.1) is 35.5 Å². The number of ether oxygens (including phenoxy) is 2. The Kier molecular flexibility index (Phi) is 6.26. The summed E-state index contributed by atoms with van der Waals surface area (Å²) in [6.07, 6.45) is 9.25. The Labute approximate surface area is 206 Å². The topological polar surface area (TPSA) is 128 Å². The third-order valence-corrected chi connectivity index (χ3v) is 7.30. The molecule has 1 aliphatic heterocycles. The number of imide groups is 1. The fourth-order valence-electron chi connectivity index (χ4n) is 6.08. The van der Waals surface area contributed by atoms with Crippen molar-refractivity contribution in [2.45, 2.75) is 77.7 Å². The molecule has 9 heteroatoms. The number of carbonyl (C=O) groups excluding carboxylic acids is 4. The summed E-state index contributed by atoms with van der Waals surface area (Å²) >= 11 is 0. The van der Waals surface area contributed by atoms with Gasteiger partial charge >= 0.3 is 12.2 Å². The minimum absolute atomic E-state index is 0.0394. The number of nitrogens with two attached hydrogens (primary N) is 1. The lowest BCUT2D eigenvalue weighted by Crippen LogP contribution is -2.65. The Bertz CT molecular complexity index is 975. The molecule has 35 heavy (non-hydrogen) atoms. The van der Waals surface area contributed by atoms with E-state index in [1.807, 2.05) is 32.9 Å². The van der Waals surface area contributed by atoms with Gasteiger partial charge in [-0.3, -0.25) is 9.59 Å². The van der Waals surface area contributed by atoms with Crippen LogP contribution >= 0.6 is 0 Å². The first kappa shape index (κ1) is 25.3. The van der Waals surface area contributed by atoms with Gasteiger partial charge in [-0.25, -0.2) is 14.5 Å². The summed E-state index contributed by atoms with van der Waals surface area (Å²) in [5.74, 6) is 0.387. The largest absolute Gasteiger partial charge is 0.444 e. The molecule has 8 atom stereocenters. The van der Waals surface area contributed by atoms with E-state index in [1.54, 1.807) is 20.8 Å². The van der Waals surface area contributed by atoms with Crippen LogP contribution in [0.2, 0.25) is 0 Å². The minimum Gasteiger partial charge on any atom is -0.444 e. The predicted molar refractivity (Wildman–Crippen MR) is 128 cm³/mol. The molecule has 9 nitrogen and oxygen atoms in total. The van der Waals surface area contributed by atoms with Crippen LogP contribution in [0.1, 0.15) is 54.4 Å². The fraction of sp³-hybridized carbons (Fsp3) is 0.692. The number of amides is 4. The molecule has 1 saturated heterocycles. The van der Waals surface area contributed by atoms with Crippen LogP contribution in [0.3, 0.4) is 0 Å². The maximum atomic E-state index is 12.0. The standard InChI is InChI=1S/C13H20N2O3.C13H17NO3/c1-13(2,3)18-12(17)15-10-8-5-4-7(6-8)9(10)11(14)16;1-13(2,3)17-12(16)14-10-8-5-4-7(6-8)9(10)11(14)15/h4-5,7-10H,6H2,1-3H3,(H2,14,16)(H,15,17);4-5,7-10H,6H2,1-3H3/t2*7-,8+,9-,10+/m11/s1. The van der Waals surface area contributed by atoms with Gasteiger partial charge in [0.2, 0.25) is 11.8 Å². The number of nitrogens with one attached hydrogen (secondary N) is 1. The first-order chi connectivity index (χ1) is 16.2. The highest BCUT2D eigenvalue weighted by atomic mass is 16.6.